The molecule has 3 aromatic rings. The number of hydrogen-bond acceptors (Lipinski definition) is 6. The van der Waals surface area contributed by atoms with Crippen LogP contribution >= 0.6 is 0 Å². The number of rotatable bonds is 5. The van der Waals surface area contributed by atoms with E-state index in [-0.39, 0.29) is 29.3 Å². The summed E-state index contributed by atoms with van der Waals surface area (Å²) < 4.78 is 16.3. The molecule has 0 aliphatic rings. The Morgan fingerprint density at radius 1 is 1.19 bits per heavy atom. The van der Waals surface area contributed by atoms with Gasteiger partial charge in [0.25, 0.3) is 5.56 Å². The number of methoxy groups -OCH3 is 1. The van der Waals surface area contributed by atoms with Crippen molar-refractivity contribution >= 4 is 5.97 Å². The van der Waals surface area contributed by atoms with E-state index in [2.05, 4.69) is 4.98 Å². The van der Waals surface area contributed by atoms with Crippen LogP contribution in [0, 0.1) is 0 Å². The second kappa shape index (κ2) is 7.14. The Bertz CT molecular complexity index is 1050. The highest BCUT2D eigenvalue weighted by Crippen LogP contribution is 2.22. The monoisotopic (exact) mass is 356 g/mol. The molecule has 8 nitrogen and oxygen atoms in total. The molecular weight excluding hydrogens is 340 g/mol. The van der Waals surface area contributed by atoms with Crippen LogP contribution in [0.15, 0.2) is 56.7 Å². The number of ether oxygens (including phenoxy) is 2. The number of esters is 1. The largest absolute Gasteiger partial charge is 0.495 e. The number of furan rings is 1. The van der Waals surface area contributed by atoms with E-state index in [1.807, 2.05) is 0 Å². The lowest BCUT2D eigenvalue weighted by atomic mass is 10.1. The highest BCUT2D eigenvalue weighted by molar-refractivity contribution is 5.95. The molecule has 8 heteroatoms. The molecule has 26 heavy (non-hydrogen) atoms. The highest BCUT2D eigenvalue weighted by Gasteiger charge is 2.25. The maximum Gasteiger partial charge on any atom is 0.346 e. The van der Waals surface area contributed by atoms with Crippen molar-refractivity contribution in [3.8, 4) is 22.9 Å². The fourth-order valence-electron chi connectivity index (χ4n) is 2.57. The lowest BCUT2D eigenvalue weighted by molar-refractivity contribution is 0.0524. The summed E-state index contributed by atoms with van der Waals surface area (Å²) in [7, 11) is 1.42. The van der Waals surface area contributed by atoms with Gasteiger partial charge in [-0.15, -0.1) is 0 Å². The van der Waals surface area contributed by atoms with E-state index in [1.165, 1.54) is 25.5 Å². The van der Waals surface area contributed by atoms with E-state index in [0.29, 0.717) is 5.75 Å². The Labute approximate surface area is 147 Å². The molecule has 1 aromatic carbocycles. The molecule has 0 aliphatic carbocycles. The molecule has 0 unspecified atom stereocenters. The van der Waals surface area contributed by atoms with Crippen molar-refractivity contribution in [1.29, 1.82) is 0 Å². The second-order valence-electron chi connectivity index (χ2n) is 5.19. The number of aromatic nitrogens is 2. The van der Waals surface area contributed by atoms with Gasteiger partial charge in [0, 0.05) is 0 Å². The Balaban J connectivity index is 2.35. The van der Waals surface area contributed by atoms with E-state index < -0.39 is 17.2 Å². The van der Waals surface area contributed by atoms with Gasteiger partial charge in [0.05, 0.1) is 25.7 Å². The summed E-state index contributed by atoms with van der Waals surface area (Å²) in [5.74, 6) is -0.376. The summed E-state index contributed by atoms with van der Waals surface area (Å²) in [6, 6.07) is 9.59. The van der Waals surface area contributed by atoms with Gasteiger partial charge < -0.3 is 18.9 Å². The predicted molar refractivity (Wildman–Crippen MR) is 92.9 cm³/mol. The van der Waals surface area contributed by atoms with Crippen LogP contribution in [0.2, 0.25) is 0 Å². The molecule has 0 saturated heterocycles. The second-order valence-corrected chi connectivity index (χ2v) is 5.19. The van der Waals surface area contributed by atoms with E-state index in [1.54, 1.807) is 31.2 Å². The Hall–Kier alpha value is -3.55. The Morgan fingerprint density at radius 3 is 2.62 bits per heavy atom. The molecular formula is C18H16N2O6. The zero-order valence-electron chi connectivity index (χ0n) is 14.1. The van der Waals surface area contributed by atoms with Gasteiger partial charge in [-0.2, -0.15) is 0 Å². The first-order chi connectivity index (χ1) is 12.6. The van der Waals surface area contributed by atoms with Crippen LogP contribution in [0.3, 0.4) is 0 Å². The van der Waals surface area contributed by atoms with Gasteiger partial charge in [-0.25, -0.2) is 14.2 Å². The smallest absolute Gasteiger partial charge is 0.346 e. The molecule has 134 valence electrons. The van der Waals surface area contributed by atoms with Crippen LogP contribution in [0.5, 0.6) is 5.75 Å². The lowest BCUT2D eigenvalue weighted by Gasteiger charge is -2.13. The summed E-state index contributed by atoms with van der Waals surface area (Å²) in [4.78, 5) is 40.6. The first-order valence-electron chi connectivity index (χ1n) is 7.82. The lowest BCUT2D eigenvalue weighted by Crippen LogP contribution is -2.38. The summed E-state index contributed by atoms with van der Waals surface area (Å²) in [6.07, 6.45) is 1.37. The first-order valence-corrected chi connectivity index (χ1v) is 7.82. The van der Waals surface area contributed by atoms with Crippen molar-refractivity contribution in [3.63, 3.8) is 0 Å². The Kier molecular flexibility index (Phi) is 4.74. The van der Waals surface area contributed by atoms with Gasteiger partial charge in [-0.1, -0.05) is 12.1 Å². The SMILES string of the molecule is CCOC(=O)c1c(-c2ccco2)[nH]c(=O)n(-c2ccccc2OC)c1=O. The molecule has 3 rings (SSSR count). The van der Waals surface area contributed by atoms with Crippen LogP contribution in [0.25, 0.3) is 17.1 Å². The van der Waals surface area contributed by atoms with Gasteiger partial charge in [-0.05, 0) is 31.2 Å². The van der Waals surface area contributed by atoms with E-state index >= 15 is 0 Å². The minimum atomic E-state index is -0.858. The van der Waals surface area contributed by atoms with Gasteiger partial charge in [-0.3, -0.25) is 4.79 Å². The number of nitrogens with one attached hydrogen (secondary N) is 1. The molecule has 0 bridgehead atoms. The standard InChI is InChI=1S/C18H16N2O6/c1-3-25-17(22)14-15(13-9-6-10-26-13)19-18(23)20(16(14)21)11-7-4-5-8-12(11)24-2/h4-10H,3H2,1-2H3,(H,19,23). The van der Waals surface area contributed by atoms with Crippen LogP contribution in [-0.4, -0.2) is 29.2 Å². The number of hydrogen-bond donors (Lipinski definition) is 1. The summed E-state index contributed by atoms with van der Waals surface area (Å²) in [5.41, 5.74) is -1.72. The summed E-state index contributed by atoms with van der Waals surface area (Å²) >= 11 is 0. The van der Waals surface area contributed by atoms with E-state index in [4.69, 9.17) is 13.9 Å². The molecule has 2 aromatic heterocycles. The molecule has 0 spiro atoms. The number of H-pyrrole nitrogens is 1. The van der Waals surface area contributed by atoms with Crippen molar-refractivity contribution in [2.75, 3.05) is 13.7 Å². The average molecular weight is 356 g/mol. The molecule has 0 atom stereocenters. The number of aromatic amines is 1. The average Bonchev–Trinajstić information content (AvgIpc) is 3.16. The quantitative estimate of drug-likeness (QED) is 0.701. The van der Waals surface area contributed by atoms with Crippen molar-refractivity contribution in [2.24, 2.45) is 0 Å². The molecule has 0 aliphatic heterocycles. The highest BCUT2D eigenvalue weighted by atomic mass is 16.5. The molecule has 0 fully saturated rings. The van der Waals surface area contributed by atoms with Gasteiger partial charge >= 0.3 is 11.7 Å². The third kappa shape index (κ3) is 2.92. The normalized spacial score (nSPS) is 10.5. The molecule has 1 N–H and O–H groups in total. The van der Waals surface area contributed by atoms with Crippen molar-refractivity contribution < 1.29 is 18.7 Å². The third-order valence-electron chi connectivity index (χ3n) is 3.68. The van der Waals surface area contributed by atoms with E-state index in [9.17, 15) is 14.4 Å². The van der Waals surface area contributed by atoms with Gasteiger partial charge in [0.2, 0.25) is 0 Å². The van der Waals surface area contributed by atoms with Crippen LogP contribution in [-0.2, 0) is 4.74 Å². The maximum absolute atomic E-state index is 13.0. The van der Waals surface area contributed by atoms with Crippen molar-refractivity contribution in [2.45, 2.75) is 6.92 Å². The number of carbonyl (C=O) groups is 1. The fraction of sp³-hybridized carbons (Fsp3) is 0.167. The molecule has 2 heterocycles. The minimum Gasteiger partial charge on any atom is -0.495 e. The third-order valence-corrected chi connectivity index (χ3v) is 3.68. The molecule has 0 saturated carbocycles. The number of para-hydroxylation sites is 2. The van der Waals surface area contributed by atoms with Crippen LogP contribution in [0.4, 0.5) is 0 Å². The van der Waals surface area contributed by atoms with Crippen LogP contribution in [0.1, 0.15) is 17.3 Å². The summed E-state index contributed by atoms with van der Waals surface area (Å²) in [5, 5.41) is 0. The number of nitrogens with zero attached hydrogens (tertiary/aromatic N) is 1. The number of carbonyl (C=O) groups excluding carboxylic acids is 1. The number of benzene rings is 1. The van der Waals surface area contributed by atoms with Crippen LogP contribution < -0.4 is 16.0 Å². The summed E-state index contributed by atoms with van der Waals surface area (Å²) in [6.45, 7) is 1.69. The van der Waals surface area contributed by atoms with Gasteiger partial charge in [0.15, 0.2) is 11.3 Å². The zero-order valence-corrected chi connectivity index (χ0v) is 14.1. The maximum atomic E-state index is 13.0. The minimum absolute atomic E-state index is 0.0328. The Morgan fingerprint density at radius 2 is 1.96 bits per heavy atom. The zero-order chi connectivity index (χ0) is 18.7. The van der Waals surface area contributed by atoms with Gasteiger partial charge in [0.1, 0.15) is 11.4 Å². The topological polar surface area (TPSA) is 104 Å². The van der Waals surface area contributed by atoms with Crippen molar-refractivity contribution in [3.05, 3.63) is 69.1 Å². The molecule has 0 amide bonds. The van der Waals surface area contributed by atoms with E-state index in [0.717, 1.165) is 4.57 Å². The van der Waals surface area contributed by atoms with Crippen molar-refractivity contribution in [1.82, 2.24) is 9.55 Å². The fourth-order valence-corrected chi connectivity index (χ4v) is 2.57. The first kappa shape index (κ1) is 17.3. The predicted octanol–water partition coefficient (Wildman–Crippen LogP) is 1.97. The molecule has 0 radical (unpaired) electrons.